The number of nitrogens with zero attached hydrogens (tertiary/aromatic N) is 3. The van der Waals surface area contributed by atoms with Gasteiger partial charge in [0, 0.05) is 48.7 Å². The number of nitrogens with one attached hydrogen (secondary N) is 2. The van der Waals surface area contributed by atoms with Crippen molar-refractivity contribution < 1.29 is 0 Å². The number of hydrogen-bond acceptors (Lipinski definition) is 6. The van der Waals surface area contributed by atoms with Gasteiger partial charge in [0.1, 0.15) is 5.82 Å². The predicted octanol–water partition coefficient (Wildman–Crippen LogP) is 5.01. The molecule has 0 atom stereocenters. The standard InChI is InChI=1S/C28H40N6/c1-19(2)31-28-26(16-29)25(13-21(4)20(3)12-22(5)30)15-27(32-28)24-9-7-8-23(14-24)17-34-11-10-33(6)18-34/h7-9,12,14-16,19,29H,10-11,13,17-18,30H2,1-6H3,(H,31,32)/b21-20+,22-12-,29-16?. The minimum atomic E-state index is 0.217. The fraction of sp³-hybridized carbons (Fsp3) is 0.429. The highest BCUT2D eigenvalue weighted by Crippen LogP contribution is 2.28. The number of pyridine rings is 1. The summed E-state index contributed by atoms with van der Waals surface area (Å²) < 4.78 is 0. The van der Waals surface area contributed by atoms with Gasteiger partial charge >= 0.3 is 0 Å². The number of likely N-dealkylation sites (N-methyl/N-ethyl adjacent to an activating group) is 1. The van der Waals surface area contributed by atoms with E-state index in [-0.39, 0.29) is 6.04 Å². The molecule has 1 saturated heterocycles. The lowest BCUT2D eigenvalue weighted by Gasteiger charge is -2.19. The quantitative estimate of drug-likeness (QED) is 0.362. The Morgan fingerprint density at radius 3 is 2.59 bits per heavy atom. The highest BCUT2D eigenvalue weighted by molar-refractivity contribution is 5.88. The minimum absolute atomic E-state index is 0.217. The third kappa shape index (κ3) is 6.78. The molecule has 0 saturated carbocycles. The van der Waals surface area contributed by atoms with E-state index < -0.39 is 0 Å². The summed E-state index contributed by atoms with van der Waals surface area (Å²) in [6.07, 6.45) is 4.17. The zero-order valence-corrected chi connectivity index (χ0v) is 21.6. The van der Waals surface area contributed by atoms with E-state index >= 15 is 0 Å². The van der Waals surface area contributed by atoms with Crippen molar-refractivity contribution in [3.8, 4) is 11.3 Å². The van der Waals surface area contributed by atoms with Gasteiger partial charge in [-0.1, -0.05) is 29.3 Å². The van der Waals surface area contributed by atoms with Gasteiger partial charge in [0.15, 0.2) is 0 Å². The molecule has 1 aliphatic heterocycles. The summed E-state index contributed by atoms with van der Waals surface area (Å²) in [4.78, 5) is 9.78. The van der Waals surface area contributed by atoms with E-state index in [1.807, 2.05) is 13.0 Å². The number of hydrogen-bond donors (Lipinski definition) is 3. The second-order valence-corrected chi connectivity index (χ2v) is 9.87. The van der Waals surface area contributed by atoms with Crippen LogP contribution in [-0.2, 0) is 13.0 Å². The first kappa shape index (κ1) is 25.7. The summed E-state index contributed by atoms with van der Waals surface area (Å²) >= 11 is 0. The first-order chi connectivity index (χ1) is 16.2. The Hall–Kier alpha value is -2.96. The van der Waals surface area contributed by atoms with E-state index in [9.17, 15) is 0 Å². The van der Waals surface area contributed by atoms with E-state index in [1.54, 1.807) is 0 Å². The average molecular weight is 461 g/mol. The first-order valence-electron chi connectivity index (χ1n) is 12.1. The maximum Gasteiger partial charge on any atom is 0.135 e. The van der Waals surface area contributed by atoms with Gasteiger partial charge in [-0.15, -0.1) is 0 Å². The van der Waals surface area contributed by atoms with Crippen LogP contribution in [0.2, 0.25) is 0 Å². The fourth-order valence-corrected chi connectivity index (χ4v) is 4.35. The summed E-state index contributed by atoms with van der Waals surface area (Å²) in [6.45, 7) is 14.5. The Morgan fingerprint density at radius 1 is 1.21 bits per heavy atom. The van der Waals surface area contributed by atoms with Gasteiger partial charge in [-0.3, -0.25) is 9.80 Å². The molecule has 0 spiro atoms. The van der Waals surface area contributed by atoms with Crippen LogP contribution in [0.1, 0.15) is 51.3 Å². The van der Waals surface area contributed by atoms with Crippen molar-refractivity contribution in [1.29, 1.82) is 5.41 Å². The van der Waals surface area contributed by atoms with Crippen molar-refractivity contribution in [3.05, 3.63) is 69.9 Å². The maximum absolute atomic E-state index is 8.12. The summed E-state index contributed by atoms with van der Waals surface area (Å²) in [7, 11) is 2.17. The Balaban J connectivity index is 2.02. The van der Waals surface area contributed by atoms with Crippen LogP contribution in [0.3, 0.4) is 0 Å². The Bertz CT molecular complexity index is 1080. The van der Waals surface area contributed by atoms with Crippen LogP contribution < -0.4 is 11.1 Å². The largest absolute Gasteiger partial charge is 0.402 e. The summed E-state index contributed by atoms with van der Waals surface area (Å²) in [6, 6.07) is 11.1. The number of aromatic nitrogens is 1. The number of anilines is 1. The molecule has 0 bridgehead atoms. The molecule has 4 N–H and O–H groups in total. The molecule has 0 amide bonds. The van der Waals surface area contributed by atoms with Crippen molar-refractivity contribution in [2.45, 2.75) is 53.6 Å². The zero-order valence-electron chi connectivity index (χ0n) is 21.6. The molecular formula is C28H40N6. The lowest BCUT2D eigenvalue weighted by molar-refractivity contribution is 0.268. The molecule has 1 fully saturated rings. The van der Waals surface area contributed by atoms with Crippen LogP contribution in [0.4, 0.5) is 5.82 Å². The van der Waals surface area contributed by atoms with Gasteiger partial charge in [-0.2, -0.15) is 0 Å². The van der Waals surface area contributed by atoms with Gasteiger partial charge in [-0.05, 0) is 77.4 Å². The molecule has 0 radical (unpaired) electrons. The molecule has 1 aromatic carbocycles. The van der Waals surface area contributed by atoms with Crippen LogP contribution in [0.5, 0.6) is 0 Å². The average Bonchev–Trinajstić information content (AvgIpc) is 3.17. The predicted molar refractivity (Wildman–Crippen MR) is 144 cm³/mol. The lowest BCUT2D eigenvalue weighted by atomic mass is 9.96. The molecule has 6 heteroatoms. The molecule has 2 aromatic rings. The van der Waals surface area contributed by atoms with Crippen LogP contribution in [-0.4, -0.2) is 53.8 Å². The number of allylic oxidation sites excluding steroid dienone is 4. The Labute approximate surface area is 205 Å². The monoisotopic (exact) mass is 460 g/mol. The van der Waals surface area contributed by atoms with Crippen molar-refractivity contribution in [1.82, 2.24) is 14.8 Å². The van der Waals surface area contributed by atoms with E-state index in [2.05, 4.69) is 80.2 Å². The van der Waals surface area contributed by atoms with Crippen molar-refractivity contribution in [2.24, 2.45) is 5.73 Å². The summed E-state index contributed by atoms with van der Waals surface area (Å²) in [5.41, 5.74) is 14.3. The summed E-state index contributed by atoms with van der Waals surface area (Å²) in [5, 5.41) is 11.6. The molecule has 2 heterocycles. The van der Waals surface area contributed by atoms with Crippen LogP contribution >= 0.6 is 0 Å². The Kier molecular flexibility index (Phi) is 8.64. The number of rotatable bonds is 9. The molecule has 6 nitrogen and oxygen atoms in total. The normalized spacial score (nSPS) is 16.1. The Morgan fingerprint density at radius 2 is 1.97 bits per heavy atom. The maximum atomic E-state index is 8.12. The number of benzene rings is 1. The molecule has 0 aliphatic carbocycles. The molecule has 34 heavy (non-hydrogen) atoms. The van der Waals surface area contributed by atoms with E-state index in [1.165, 1.54) is 17.4 Å². The van der Waals surface area contributed by atoms with E-state index in [0.29, 0.717) is 0 Å². The van der Waals surface area contributed by atoms with Crippen LogP contribution in [0.15, 0.2) is 53.3 Å². The molecular weight excluding hydrogens is 420 g/mol. The molecule has 1 aromatic heterocycles. The van der Waals surface area contributed by atoms with Crippen LogP contribution in [0.25, 0.3) is 11.3 Å². The molecule has 3 rings (SSSR count). The van der Waals surface area contributed by atoms with Crippen molar-refractivity contribution in [3.63, 3.8) is 0 Å². The van der Waals surface area contributed by atoms with Gasteiger partial charge in [0.05, 0.1) is 12.4 Å². The molecule has 1 aliphatic rings. The number of nitrogens with two attached hydrogens (primary N) is 1. The van der Waals surface area contributed by atoms with Gasteiger partial charge in [-0.25, -0.2) is 4.98 Å². The third-order valence-corrected chi connectivity index (χ3v) is 6.16. The zero-order chi connectivity index (χ0) is 24.8. The minimum Gasteiger partial charge on any atom is -0.402 e. The van der Waals surface area contributed by atoms with E-state index in [4.69, 9.17) is 16.1 Å². The van der Waals surface area contributed by atoms with Crippen molar-refractivity contribution in [2.75, 3.05) is 32.1 Å². The van der Waals surface area contributed by atoms with Crippen molar-refractivity contribution >= 4 is 12.0 Å². The highest BCUT2D eigenvalue weighted by atomic mass is 15.4. The first-order valence-corrected chi connectivity index (χ1v) is 12.1. The highest BCUT2D eigenvalue weighted by Gasteiger charge is 2.18. The van der Waals surface area contributed by atoms with Gasteiger partial charge in [0.2, 0.25) is 0 Å². The van der Waals surface area contributed by atoms with Crippen LogP contribution in [0, 0.1) is 5.41 Å². The third-order valence-electron chi connectivity index (χ3n) is 6.16. The topological polar surface area (TPSA) is 81.3 Å². The lowest BCUT2D eigenvalue weighted by Crippen LogP contribution is -2.22. The smallest absolute Gasteiger partial charge is 0.135 e. The second-order valence-electron chi connectivity index (χ2n) is 9.87. The van der Waals surface area contributed by atoms with E-state index in [0.717, 1.165) is 72.2 Å². The van der Waals surface area contributed by atoms with Gasteiger partial charge < -0.3 is 16.5 Å². The van der Waals surface area contributed by atoms with Gasteiger partial charge in [0.25, 0.3) is 0 Å². The summed E-state index contributed by atoms with van der Waals surface area (Å²) in [5.74, 6) is 0.764. The second kappa shape index (κ2) is 11.4. The molecule has 0 unspecified atom stereocenters. The SMILES string of the molecule is C/C(N)=C/C(C)=C(\C)Cc1cc(-c2cccc(CN3CCN(C)C3)c2)nc(NC(C)C)c1C=N. The molecule has 182 valence electrons. The fourth-order valence-electron chi connectivity index (χ4n) is 4.35.